The smallest absolute Gasteiger partial charge is 0.128 e. The quantitative estimate of drug-likeness (QED) is 0.912. The second-order valence-electron chi connectivity index (χ2n) is 7.18. The van der Waals surface area contributed by atoms with Gasteiger partial charge in [-0.05, 0) is 55.2 Å². The Hall–Kier alpha value is -1.09. The van der Waals surface area contributed by atoms with Crippen molar-refractivity contribution in [3.63, 3.8) is 0 Å². The summed E-state index contributed by atoms with van der Waals surface area (Å²) >= 11 is 0. The van der Waals surface area contributed by atoms with Crippen LogP contribution < -0.4 is 10.2 Å². The molecule has 0 unspecified atom stereocenters. The molecular formula is C17H27N3. The van der Waals surface area contributed by atoms with E-state index in [1.165, 1.54) is 37.7 Å². The molecule has 1 aromatic rings. The Bertz CT molecular complexity index is 451. The van der Waals surface area contributed by atoms with Gasteiger partial charge < -0.3 is 10.2 Å². The summed E-state index contributed by atoms with van der Waals surface area (Å²) < 4.78 is 0. The van der Waals surface area contributed by atoms with Crippen LogP contribution in [0.25, 0.3) is 0 Å². The molecule has 1 saturated carbocycles. The van der Waals surface area contributed by atoms with Crippen molar-refractivity contribution in [2.24, 2.45) is 5.41 Å². The maximum atomic E-state index is 4.59. The number of nitrogens with zero attached hydrogens (tertiary/aromatic N) is 2. The topological polar surface area (TPSA) is 28.2 Å². The Morgan fingerprint density at radius 2 is 2.15 bits per heavy atom. The summed E-state index contributed by atoms with van der Waals surface area (Å²) in [5.74, 6) is 1.16. The number of hydrogen-bond donors (Lipinski definition) is 1. The third-order valence-corrected chi connectivity index (χ3v) is 4.65. The number of pyridine rings is 1. The molecule has 1 N–H and O–H groups in total. The maximum absolute atomic E-state index is 4.59. The van der Waals surface area contributed by atoms with Gasteiger partial charge in [-0.2, -0.15) is 0 Å². The number of hydrogen-bond acceptors (Lipinski definition) is 3. The second-order valence-corrected chi connectivity index (χ2v) is 7.18. The van der Waals surface area contributed by atoms with Crippen molar-refractivity contribution in [3.8, 4) is 0 Å². The fourth-order valence-electron chi connectivity index (χ4n) is 2.95. The molecule has 0 spiro atoms. The van der Waals surface area contributed by atoms with Crippen molar-refractivity contribution in [1.82, 2.24) is 10.3 Å². The van der Waals surface area contributed by atoms with Gasteiger partial charge in [-0.15, -0.1) is 0 Å². The molecule has 110 valence electrons. The number of rotatable bonds is 4. The molecule has 1 saturated heterocycles. The Balaban J connectivity index is 1.64. The molecule has 3 rings (SSSR count). The van der Waals surface area contributed by atoms with Gasteiger partial charge in [0.15, 0.2) is 0 Å². The first-order valence-electron chi connectivity index (χ1n) is 8.06. The molecule has 0 aromatic carbocycles. The molecule has 2 heterocycles. The van der Waals surface area contributed by atoms with E-state index in [0.717, 1.165) is 31.5 Å². The maximum Gasteiger partial charge on any atom is 0.128 e. The lowest BCUT2D eigenvalue weighted by molar-refractivity contribution is 0.325. The molecule has 1 aliphatic carbocycles. The van der Waals surface area contributed by atoms with Gasteiger partial charge in [0.1, 0.15) is 5.82 Å². The third-order valence-electron chi connectivity index (χ3n) is 4.65. The molecule has 0 amide bonds. The molecule has 1 aliphatic heterocycles. The van der Waals surface area contributed by atoms with Crippen LogP contribution in [0.3, 0.4) is 0 Å². The lowest BCUT2D eigenvalue weighted by Gasteiger charge is -2.24. The highest BCUT2D eigenvalue weighted by molar-refractivity contribution is 5.41. The first kappa shape index (κ1) is 13.9. The van der Waals surface area contributed by atoms with Crippen LogP contribution in [0.5, 0.6) is 0 Å². The Kier molecular flexibility index (Phi) is 3.97. The SMILES string of the molecule is CC1(C)CCCN(c2cc(CNC3CC3)ccn2)CC1. The molecule has 1 aromatic heterocycles. The average Bonchev–Trinajstić information content (AvgIpc) is 3.24. The van der Waals surface area contributed by atoms with Crippen LogP contribution >= 0.6 is 0 Å². The van der Waals surface area contributed by atoms with E-state index in [0.29, 0.717) is 5.41 Å². The largest absolute Gasteiger partial charge is 0.357 e. The Labute approximate surface area is 122 Å². The van der Waals surface area contributed by atoms with E-state index in [4.69, 9.17) is 0 Å². The van der Waals surface area contributed by atoms with E-state index in [1.54, 1.807) is 0 Å². The van der Waals surface area contributed by atoms with Crippen LogP contribution in [0.4, 0.5) is 5.82 Å². The average molecular weight is 273 g/mol. The fourth-order valence-corrected chi connectivity index (χ4v) is 2.95. The van der Waals surface area contributed by atoms with Crippen molar-refractivity contribution >= 4 is 5.82 Å². The summed E-state index contributed by atoms with van der Waals surface area (Å²) in [6.07, 6.45) is 8.53. The summed E-state index contributed by atoms with van der Waals surface area (Å²) in [7, 11) is 0. The molecule has 2 fully saturated rings. The standard InChI is InChI=1S/C17H27N3/c1-17(2)7-3-10-20(11-8-17)16-12-14(6-9-18-16)13-19-15-4-5-15/h6,9,12,15,19H,3-5,7-8,10-11,13H2,1-2H3. The van der Waals surface area contributed by atoms with Gasteiger partial charge in [-0.1, -0.05) is 13.8 Å². The highest BCUT2D eigenvalue weighted by Gasteiger charge is 2.24. The summed E-state index contributed by atoms with van der Waals surface area (Å²) in [4.78, 5) is 7.06. The zero-order valence-electron chi connectivity index (χ0n) is 12.9. The van der Waals surface area contributed by atoms with E-state index in [1.807, 2.05) is 6.20 Å². The lowest BCUT2D eigenvalue weighted by Crippen LogP contribution is -2.26. The summed E-state index contributed by atoms with van der Waals surface area (Å²) in [6, 6.07) is 5.18. The Morgan fingerprint density at radius 3 is 2.95 bits per heavy atom. The minimum Gasteiger partial charge on any atom is -0.357 e. The van der Waals surface area contributed by atoms with E-state index >= 15 is 0 Å². The molecule has 0 atom stereocenters. The lowest BCUT2D eigenvalue weighted by atomic mass is 9.85. The van der Waals surface area contributed by atoms with Gasteiger partial charge in [0.05, 0.1) is 0 Å². The van der Waals surface area contributed by atoms with Crippen molar-refractivity contribution in [1.29, 1.82) is 0 Å². The fraction of sp³-hybridized carbons (Fsp3) is 0.706. The van der Waals surface area contributed by atoms with Crippen molar-refractivity contribution in [2.45, 2.75) is 58.5 Å². The monoisotopic (exact) mass is 273 g/mol. The van der Waals surface area contributed by atoms with Gasteiger partial charge in [-0.3, -0.25) is 0 Å². The van der Waals surface area contributed by atoms with E-state index in [-0.39, 0.29) is 0 Å². The van der Waals surface area contributed by atoms with Gasteiger partial charge in [0, 0.05) is 31.9 Å². The second kappa shape index (κ2) is 5.72. The number of aromatic nitrogens is 1. The van der Waals surface area contributed by atoms with E-state index in [2.05, 4.69) is 41.2 Å². The molecular weight excluding hydrogens is 246 g/mol. The van der Waals surface area contributed by atoms with Crippen molar-refractivity contribution < 1.29 is 0 Å². The van der Waals surface area contributed by atoms with Crippen LogP contribution in [0.2, 0.25) is 0 Å². The first-order valence-corrected chi connectivity index (χ1v) is 8.06. The highest BCUT2D eigenvalue weighted by Crippen LogP contribution is 2.31. The molecule has 20 heavy (non-hydrogen) atoms. The van der Waals surface area contributed by atoms with Crippen LogP contribution in [0.1, 0.15) is 51.5 Å². The van der Waals surface area contributed by atoms with Crippen LogP contribution in [-0.2, 0) is 6.54 Å². The van der Waals surface area contributed by atoms with E-state index < -0.39 is 0 Å². The minimum atomic E-state index is 0.486. The van der Waals surface area contributed by atoms with Gasteiger partial charge in [-0.25, -0.2) is 4.98 Å². The predicted molar refractivity (Wildman–Crippen MR) is 83.9 cm³/mol. The predicted octanol–water partition coefficient (Wildman–Crippen LogP) is 3.35. The normalized spacial score (nSPS) is 22.6. The summed E-state index contributed by atoms with van der Waals surface area (Å²) in [5.41, 5.74) is 1.85. The van der Waals surface area contributed by atoms with Gasteiger partial charge >= 0.3 is 0 Å². The van der Waals surface area contributed by atoms with Crippen LogP contribution in [0, 0.1) is 5.41 Å². The molecule has 0 radical (unpaired) electrons. The molecule has 0 bridgehead atoms. The van der Waals surface area contributed by atoms with Crippen LogP contribution in [0.15, 0.2) is 18.3 Å². The number of nitrogens with one attached hydrogen (secondary N) is 1. The molecule has 3 heteroatoms. The molecule has 3 nitrogen and oxygen atoms in total. The van der Waals surface area contributed by atoms with Crippen molar-refractivity contribution in [2.75, 3.05) is 18.0 Å². The summed E-state index contributed by atoms with van der Waals surface area (Å²) in [6.45, 7) is 8.05. The third kappa shape index (κ3) is 3.72. The zero-order valence-corrected chi connectivity index (χ0v) is 12.9. The summed E-state index contributed by atoms with van der Waals surface area (Å²) in [5, 5.41) is 3.58. The van der Waals surface area contributed by atoms with Crippen molar-refractivity contribution in [3.05, 3.63) is 23.9 Å². The Morgan fingerprint density at radius 1 is 1.30 bits per heavy atom. The van der Waals surface area contributed by atoms with Gasteiger partial charge in [0.25, 0.3) is 0 Å². The molecule has 2 aliphatic rings. The van der Waals surface area contributed by atoms with Crippen LogP contribution in [-0.4, -0.2) is 24.1 Å². The zero-order chi connectivity index (χ0) is 14.0. The highest BCUT2D eigenvalue weighted by atomic mass is 15.2. The van der Waals surface area contributed by atoms with E-state index in [9.17, 15) is 0 Å². The first-order chi connectivity index (χ1) is 9.62. The number of anilines is 1. The van der Waals surface area contributed by atoms with Gasteiger partial charge in [0.2, 0.25) is 0 Å². The minimum absolute atomic E-state index is 0.486.